The minimum absolute atomic E-state index is 0.0594. The number of fused-ring (bicyclic) bond motifs is 1. The van der Waals surface area contributed by atoms with Gasteiger partial charge in [0.15, 0.2) is 5.75 Å². The summed E-state index contributed by atoms with van der Waals surface area (Å²) in [5.74, 6) is 1.02. The fraction of sp³-hybridized carbons (Fsp3) is 0.605. The lowest BCUT2D eigenvalue weighted by molar-refractivity contribution is 0.256. The summed E-state index contributed by atoms with van der Waals surface area (Å²) in [5.41, 5.74) is 3.09. The minimum atomic E-state index is -0.0594. The van der Waals surface area contributed by atoms with Gasteiger partial charge in [0.25, 0.3) is 5.56 Å². The van der Waals surface area contributed by atoms with Crippen molar-refractivity contribution in [1.82, 2.24) is 4.57 Å². The summed E-state index contributed by atoms with van der Waals surface area (Å²) in [5, 5.41) is 4.53. The second kappa shape index (κ2) is 20.9. The number of nitrogens with zero attached hydrogens (tertiary/aromatic N) is 1. The van der Waals surface area contributed by atoms with Crippen molar-refractivity contribution in [2.24, 2.45) is 0 Å². The smallest absolute Gasteiger partial charge is 0.297 e. The molecule has 2 aromatic carbocycles. The Morgan fingerprint density at radius 2 is 1.19 bits per heavy atom. The van der Waals surface area contributed by atoms with Gasteiger partial charge in [0.05, 0.1) is 18.7 Å². The van der Waals surface area contributed by atoms with Gasteiger partial charge in [-0.2, -0.15) is 0 Å². The van der Waals surface area contributed by atoms with E-state index in [-0.39, 0.29) is 5.56 Å². The number of hydrogen-bond donors (Lipinski definition) is 1. The quantitative estimate of drug-likeness (QED) is 0.105. The molecule has 0 aliphatic carbocycles. The van der Waals surface area contributed by atoms with Crippen LogP contribution in [0.1, 0.15) is 129 Å². The van der Waals surface area contributed by atoms with Crippen LogP contribution in [-0.2, 0) is 13.1 Å². The van der Waals surface area contributed by atoms with Crippen LogP contribution in [0, 0.1) is 0 Å². The van der Waals surface area contributed by atoms with E-state index in [2.05, 4.69) is 68.6 Å². The van der Waals surface area contributed by atoms with E-state index in [1.165, 1.54) is 69.8 Å². The van der Waals surface area contributed by atoms with E-state index >= 15 is 0 Å². The van der Waals surface area contributed by atoms with E-state index in [4.69, 9.17) is 9.47 Å². The molecule has 238 valence electrons. The summed E-state index contributed by atoms with van der Waals surface area (Å²) in [7, 11) is 0. The highest BCUT2D eigenvalue weighted by Gasteiger charge is 2.20. The highest BCUT2D eigenvalue weighted by molar-refractivity contribution is 5.90. The molecule has 0 saturated carbocycles. The van der Waals surface area contributed by atoms with Crippen LogP contribution in [0.2, 0.25) is 0 Å². The molecule has 0 bridgehead atoms. The van der Waals surface area contributed by atoms with Crippen LogP contribution in [0.25, 0.3) is 10.9 Å². The average molecular weight is 591 g/mol. The number of hydrogen-bond acceptors (Lipinski definition) is 4. The molecular weight excluding hydrogens is 532 g/mol. The molecule has 43 heavy (non-hydrogen) atoms. The Balaban J connectivity index is 1.90. The normalized spacial score (nSPS) is 11.2. The summed E-state index contributed by atoms with van der Waals surface area (Å²) in [6, 6.07) is 16.7. The van der Waals surface area contributed by atoms with Crippen molar-refractivity contribution >= 4 is 16.6 Å². The number of anilines is 1. The van der Waals surface area contributed by atoms with Crippen LogP contribution < -0.4 is 20.3 Å². The molecule has 0 radical (unpaired) electrons. The van der Waals surface area contributed by atoms with Gasteiger partial charge in [-0.25, -0.2) is 0 Å². The highest BCUT2D eigenvalue weighted by atomic mass is 16.5. The molecule has 5 heteroatoms. The fourth-order valence-electron chi connectivity index (χ4n) is 5.61. The van der Waals surface area contributed by atoms with Crippen molar-refractivity contribution in [2.75, 3.05) is 18.5 Å². The number of nitrogens with one attached hydrogen (secondary N) is 1. The second-order valence-corrected chi connectivity index (χ2v) is 12.0. The van der Waals surface area contributed by atoms with Crippen LogP contribution in [0.4, 0.5) is 5.69 Å². The minimum Gasteiger partial charge on any atom is -0.489 e. The molecule has 0 unspecified atom stereocenters. The highest BCUT2D eigenvalue weighted by Crippen LogP contribution is 2.35. The first-order valence-corrected chi connectivity index (χ1v) is 17.4. The van der Waals surface area contributed by atoms with Gasteiger partial charge in [0, 0.05) is 24.2 Å². The number of unbranched alkanes of at least 4 members (excludes halogenated alkanes) is 13. The molecular formula is C38H58N2O3. The Kier molecular flexibility index (Phi) is 16.8. The Morgan fingerprint density at radius 1 is 0.628 bits per heavy atom. The van der Waals surface area contributed by atoms with Gasteiger partial charge in [-0.15, -0.1) is 0 Å². The number of benzene rings is 2. The molecule has 1 heterocycles. The molecule has 0 spiro atoms. The molecule has 1 N–H and O–H groups in total. The predicted molar refractivity (Wildman–Crippen MR) is 184 cm³/mol. The Labute approximate surface area is 261 Å². The zero-order chi connectivity index (χ0) is 30.5. The summed E-state index contributed by atoms with van der Waals surface area (Å²) < 4.78 is 14.7. The third-order valence-electron chi connectivity index (χ3n) is 8.24. The fourth-order valence-corrected chi connectivity index (χ4v) is 5.61. The maximum atomic E-state index is 14.1. The van der Waals surface area contributed by atoms with E-state index in [0.29, 0.717) is 31.3 Å². The van der Waals surface area contributed by atoms with E-state index in [1.54, 1.807) is 0 Å². The predicted octanol–water partition coefficient (Wildman–Crippen LogP) is 10.7. The van der Waals surface area contributed by atoms with Crippen LogP contribution in [0.3, 0.4) is 0 Å². The van der Waals surface area contributed by atoms with Crippen molar-refractivity contribution in [3.05, 3.63) is 64.4 Å². The second-order valence-electron chi connectivity index (χ2n) is 12.0. The van der Waals surface area contributed by atoms with Crippen LogP contribution in [-0.4, -0.2) is 17.8 Å². The standard InChI is InChI=1S/C38H58N2O3/c1-4-7-10-13-15-20-27-40-35-30-33(39-31-32-23-18-17-19-24-32)25-26-34(35)36(42-28-21-12-9-6-3)37(38(40)41)43-29-22-16-14-11-8-5-2/h17-19,23-26,30,39H,4-16,20-22,27-29,31H2,1-3H3. The third-order valence-corrected chi connectivity index (χ3v) is 8.24. The lowest BCUT2D eigenvalue weighted by Gasteiger charge is -2.20. The number of aryl methyl sites for hydroxylation is 1. The van der Waals surface area contributed by atoms with Gasteiger partial charge < -0.3 is 19.4 Å². The molecule has 0 saturated heterocycles. The number of aromatic nitrogens is 1. The van der Waals surface area contributed by atoms with E-state index in [9.17, 15) is 4.79 Å². The summed E-state index contributed by atoms with van der Waals surface area (Å²) >= 11 is 0. The van der Waals surface area contributed by atoms with Crippen LogP contribution in [0.5, 0.6) is 11.5 Å². The Hall–Kier alpha value is -2.95. The molecule has 3 aromatic rings. The van der Waals surface area contributed by atoms with Crippen molar-refractivity contribution < 1.29 is 9.47 Å². The van der Waals surface area contributed by atoms with Gasteiger partial charge >= 0.3 is 0 Å². The van der Waals surface area contributed by atoms with E-state index in [0.717, 1.165) is 61.7 Å². The van der Waals surface area contributed by atoms with Crippen LogP contribution in [0.15, 0.2) is 53.3 Å². The van der Waals surface area contributed by atoms with Gasteiger partial charge in [-0.05, 0) is 43.0 Å². The van der Waals surface area contributed by atoms with E-state index < -0.39 is 0 Å². The van der Waals surface area contributed by atoms with Gasteiger partial charge in [0.2, 0.25) is 5.75 Å². The Bertz CT molecular complexity index is 1220. The molecule has 0 fully saturated rings. The molecule has 0 atom stereocenters. The zero-order valence-corrected chi connectivity index (χ0v) is 27.4. The maximum Gasteiger partial charge on any atom is 0.297 e. The van der Waals surface area contributed by atoms with Crippen molar-refractivity contribution in [3.63, 3.8) is 0 Å². The first kappa shape index (κ1) is 34.5. The summed E-state index contributed by atoms with van der Waals surface area (Å²) in [4.78, 5) is 14.1. The summed E-state index contributed by atoms with van der Waals surface area (Å²) in [6.45, 7) is 9.27. The topological polar surface area (TPSA) is 52.5 Å². The number of pyridine rings is 1. The monoisotopic (exact) mass is 590 g/mol. The first-order valence-electron chi connectivity index (χ1n) is 17.4. The largest absolute Gasteiger partial charge is 0.489 e. The SMILES string of the molecule is CCCCCCCCOc1c(OCCCCCC)c2ccc(NCc3ccccc3)cc2n(CCCCCCCC)c1=O. The molecule has 3 rings (SSSR count). The average Bonchev–Trinajstić information content (AvgIpc) is 3.03. The van der Waals surface area contributed by atoms with Gasteiger partial charge in [0.1, 0.15) is 0 Å². The molecule has 1 aromatic heterocycles. The van der Waals surface area contributed by atoms with Gasteiger partial charge in [-0.3, -0.25) is 4.79 Å². The molecule has 0 aliphatic heterocycles. The van der Waals surface area contributed by atoms with Crippen LogP contribution >= 0.6 is 0 Å². The Morgan fingerprint density at radius 3 is 1.84 bits per heavy atom. The third kappa shape index (κ3) is 11.9. The van der Waals surface area contributed by atoms with Gasteiger partial charge in [-0.1, -0.05) is 135 Å². The molecule has 0 amide bonds. The van der Waals surface area contributed by atoms with Crippen molar-refractivity contribution in [1.29, 1.82) is 0 Å². The maximum absolute atomic E-state index is 14.1. The number of ether oxygens (including phenoxy) is 2. The molecule has 5 nitrogen and oxygen atoms in total. The van der Waals surface area contributed by atoms with Crippen molar-refractivity contribution in [2.45, 2.75) is 137 Å². The lowest BCUT2D eigenvalue weighted by atomic mass is 10.1. The summed E-state index contributed by atoms with van der Waals surface area (Å²) in [6.07, 6.45) is 18.7. The first-order chi connectivity index (χ1) is 21.2. The zero-order valence-electron chi connectivity index (χ0n) is 27.4. The lowest BCUT2D eigenvalue weighted by Crippen LogP contribution is -2.24. The molecule has 0 aliphatic rings. The number of rotatable bonds is 24. The van der Waals surface area contributed by atoms with E-state index in [1.807, 2.05) is 10.6 Å². The van der Waals surface area contributed by atoms with Crippen molar-refractivity contribution in [3.8, 4) is 11.5 Å².